The lowest BCUT2D eigenvalue weighted by atomic mass is 10.1. The van der Waals surface area contributed by atoms with Crippen molar-refractivity contribution >= 4 is 18.4 Å². The molecule has 0 aliphatic heterocycles. The van der Waals surface area contributed by atoms with E-state index in [0.717, 1.165) is 6.42 Å². The smallest absolute Gasteiger partial charge is 0.317 e. The number of nitrogens with one attached hydrogen (secondary N) is 1. The summed E-state index contributed by atoms with van der Waals surface area (Å²) in [7, 11) is 0. The van der Waals surface area contributed by atoms with E-state index in [1.165, 1.54) is 5.56 Å². The van der Waals surface area contributed by atoms with Gasteiger partial charge >= 0.3 is 5.97 Å². The molecular weight excluding hydrogens is 214 g/mol. The molecule has 0 saturated heterocycles. The molecule has 0 radical (unpaired) electrons. The zero-order valence-corrected chi connectivity index (χ0v) is 9.46. The van der Waals surface area contributed by atoms with E-state index in [1.807, 2.05) is 37.3 Å². The first kappa shape index (κ1) is 13.9. The molecule has 1 aromatic carbocycles. The van der Waals surface area contributed by atoms with Crippen LogP contribution in [0.3, 0.4) is 0 Å². The second-order valence-electron chi connectivity index (χ2n) is 3.37. The van der Waals surface area contributed by atoms with Crippen molar-refractivity contribution in [3.8, 4) is 0 Å². The van der Waals surface area contributed by atoms with Crippen LogP contribution in [0.15, 0.2) is 30.3 Å². The standard InChI is InChI=1S/C11H15NO2.ClH/c1-9(12-8-11(13)14)7-10-5-3-2-4-6-10;/h2-6,9,12H,7-8H2,1H3,(H,13,14);1H/t9-;/m1./s1. The molecule has 0 aliphatic carbocycles. The third-order valence-electron chi connectivity index (χ3n) is 1.99. The number of carboxylic acids is 1. The maximum Gasteiger partial charge on any atom is 0.317 e. The van der Waals surface area contributed by atoms with E-state index in [0.29, 0.717) is 0 Å². The highest BCUT2D eigenvalue weighted by molar-refractivity contribution is 5.85. The highest BCUT2D eigenvalue weighted by Crippen LogP contribution is 2.02. The Kier molecular flexibility index (Phi) is 6.75. The van der Waals surface area contributed by atoms with Gasteiger partial charge in [0.25, 0.3) is 0 Å². The van der Waals surface area contributed by atoms with Gasteiger partial charge in [-0.3, -0.25) is 4.79 Å². The Hall–Kier alpha value is -1.06. The van der Waals surface area contributed by atoms with Crippen LogP contribution in [0.1, 0.15) is 12.5 Å². The van der Waals surface area contributed by atoms with Crippen molar-refractivity contribution in [1.82, 2.24) is 5.32 Å². The van der Waals surface area contributed by atoms with Crippen LogP contribution in [-0.2, 0) is 11.2 Å². The molecule has 3 nitrogen and oxygen atoms in total. The fraction of sp³-hybridized carbons (Fsp3) is 0.364. The maximum absolute atomic E-state index is 10.3. The molecule has 0 aromatic heterocycles. The molecule has 1 aromatic rings. The Balaban J connectivity index is 0.00000196. The summed E-state index contributed by atoms with van der Waals surface area (Å²) in [6, 6.07) is 10.2. The molecule has 0 spiro atoms. The summed E-state index contributed by atoms with van der Waals surface area (Å²) in [5.41, 5.74) is 1.22. The van der Waals surface area contributed by atoms with Gasteiger partial charge in [0, 0.05) is 6.04 Å². The van der Waals surface area contributed by atoms with Crippen molar-refractivity contribution in [2.24, 2.45) is 0 Å². The predicted octanol–water partition coefficient (Wildman–Crippen LogP) is 1.71. The Morgan fingerprint density at radius 2 is 2.00 bits per heavy atom. The lowest BCUT2D eigenvalue weighted by molar-refractivity contribution is -0.136. The normalized spacial score (nSPS) is 11.5. The number of aliphatic carboxylic acids is 1. The topological polar surface area (TPSA) is 49.3 Å². The lowest BCUT2D eigenvalue weighted by Gasteiger charge is -2.11. The molecule has 4 heteroatoms. The summed E-state index contributed by atoms with van der Waals surface area (Å²) in [5, 5.41) is 11.4. The highest BCUT2D eigenvalue weighted by Gasteiger charge is 2.04. The number of hydrogen-bond acceptors (Lipinski definition) is 2. The van der Waals surface area contributed by atoms with Crippen LogP contribution in [0.5, 0.6) is 0 Å². The van der Waals surface area contributed by atoms with Crippen LogP contribution in [0.4, 0.5) is 0 Å². The van der Waals surface area contributed by atoms with Crippen LogP contribution >= 0.6 is 12.4 Å². The van der Waals surface area contributed by atoms with Crippen molar-refractivity contribution in [1.29, 1.82) is 0 Å². The summed E-state index contributed by atoms with van der Waals surface area (Å²) < 4.78 is 0. The van der Waals surface area contributed by atoms with Crippen molar-refractivity contribution in [2.75, 3.05) is 6.54 Å². The third kappa shape index (κ3) is 6.10. The van der Waals surface area contributed by atoms with Gasteiger partial charge in [-0.1, -0.05) is 30.3 Å². The van der Waals surface area contributed by atoms with Gasteiger partial charge in [0.1, 0.15) is 0 Å². The van der Waals surface area contributed by atoms with Crippen LogP contribution in [-0.4, -0.2) is 23.7 Å². The highest BCUT2D eigenvalue weighted by atomic mass is 35.5. The molecule has 2 N–H and O–H groups in total. The molecule has 84 valence electrons. The predicted molar refractivity (Wildman–Crippen MR) is 62.5 cm³/mol. The number of halogens is 1. The molecule has 0 heterocycles. The molecular formula is C11H16ClNO2. The van der Waals surface area contributed by atoms with Crippen molar-refractivity contribution < 1.29 is 9.90 Å². The summed E-state index contributed by atoms with van der Waals surface area (Å²) in [4.78, 5) is 10.3. The van der Waals surface area contributed by atoms with E-state index >= 15 is 0 Å². The van der Waals surface area contributed by atoms with Gasteiger partial charge in [0.15, 0.2) is 0 Å². The molecule has 0 amide bonds. The summed E-state index contributed by atoms with van der Waals surface area (Å²) in [6.07, 6.45) is 0.855. The van der Waals surface area contributed by atoms with Gasteiger partial charge in [-0.15, -0.1) is 12.4 Å². The van der Waals surface area contributed by atoms with E-state index in [4.69, 9.17) is 5.11 Å². The molecule has 0 unspecified atom stereocenters. The van der Waals surface area contributed by atoms with Gasteiger partial charge in [-0.2, -0.15) is 0 Å². The van der Waals surface area contributed by atoms with E-state index in [-0.39, 0.29) is 25.0 Å². The second-order valence-corrected chi connectivity index (χ2v) is 3.37. The Morgan fingerprint density at radius 1 is 1.40 bits per heavy atom. The average Bonchev–Trinajstić information content (AvgIpc) is 2.16. The van der Waals surface area contributed by atoms with E-state index < -0.39 is 5.97 Å². The number of hydrogen-bond donors (Lipinski definition) is 2. The minimum Gasteiger partial charge on any atom is -0.480 e. The first-order chi connectivity index (χ1) is 6.68. The fourth-order valence-electron chi connectivity index (χ4n) is 1.30. The molecule has 1 atom stereocenters. The minimum atomic E-state index is -0.815. The average molecular weight is 230 g/mol. The Bertz CT molecular complexity index is 290. The summed E-state index contributed by atoms with van der Waals surface area (Å²) >= 11 is 0. The molecule has 0 aliphatic rings. The molecule has 1 rings (SSSR count). The molecule has 0 bridgehead atoms. The minimum absolute atomic E-state index is 0. The number of benzene rings is 1. The summed E-state index contributed by atoms with van der Waals surface area (Å²) in [5.74, 6) is -0.815. The maximum atomic E-state index is 10.3. The SMILES string of the molecule is C[C@H](Cc1ccccc1)NCC(=O)O.Cl. The van der Waals surface area contributed by atoms with Crippen LogP contribution in [0.25, 0.3) is 0 Å². The molecule has 0 saturated carbocycles. The Morgan fingerprint density at radius 3 is 2.53 bits per heavy atom. The Labute approximate surface area is 95.9 Å². The molecule has 0 fully saturated rings. The van der Waals surface area contributed by atoms with Gasteiger partial charge in [0.05, 0.1) is 6.54 Å². The number of carbonyl (C=O) groups is 1. The van der Waals surface area contributed by atoms with E-state index in [2.05, 4.69) is 5.32 Å². The first-order valence-corrected chi connectivity index (χ1v) is 4.67. The van der Waals surface area contributed by atoms with Crippen LogP contribution < -0.4 is 5.32 Å². The van der Waals surface area contributed by atoms with E-state index in [1.54, 1.807) is 0 Å². The van der Waals surface area contributed by atoms with Crippen LogP contribution in [0.2, 0.25) is 0 Å². The summed E-state index contributed by atoms with van der Waals surface area (Å²) in [6.45, 7) is 2.00. The van der Waals surface area contributed by atoms with Gasteiger partial charge in [-0.25, -0.2) is 0 Å². The number of carboxylic acid groups (broad SMARTS) is 1. The zero-order chi connectivity index (χ0) is 10.4. The van der Waals surface area contributed by atoms with Crippen molar-refractivity contribution in [2.45, 2.75) is 19.4 Å². The second kappa shape index (κ2) is 7.26. The number of rotatable bonds is 5. The fourth-order valence-corrected chi connectivity index (χ4v) is 1.30. The van der Waals surface area contributed by atoms with Gasteiger partial charge in [0.2, 0.25) is 0 Å². The van der Waals surface area contributed by atoms with E-state index in [9.17, 15) is 4.79 Å². The lowest BCUT2D eigenvalue weighted by Crippen LogP contribution is -2.32. The van der Waals surface area contributed by atoms with Gasteiger partial charge in [-0.05, 0) is 18.9 Å². The van der Waals surface area contributed by atoms with Gasteiger partial charge < -0.3 is 10.4 Å². The monoisotopic (exact) mass is 229 g/mol. The third-order valence-corrected chi connectivity index (χ3v) is 1.99. The zero-order valence-electron chi connectivity index (χ0n) is 8.64. The molecule has 15 heavy (non-hydrogen) atoms. The first-order valence-electron chi connectivity index (χ1n) is 4.67. The largest absolute Gasteiger partial charge is 0.480 e. The quantitative estimate of drug-likeness (QED) is 0.808. The van der Waals surface area contributed by atoms with Crippen molar-refractivity contribution in [3.05, 3.63) is 35.9 Å². The van der Waals surface area contributed by atoms with Crippen molar-refractivity contribution in [3.63, 3.8) is 0 Å². The van der Waals surface area contributed by atoms with Crippen LogP contribution in [0, 0.1) is 0 Å².